The summed E-state index contributed by atoms with van der Waals surface area (Å²) in [6, 6.07) is 20.2. The first-order chi connectivity index (χ1) is 18.1. The van der Waals surface area contributed by atoms with E-state index in [1.807, 2.05) is 25.1 Å². The molecule has 0 saturated carbocycles. The average Bonchev–Trinajstić information content (AvgIpc) is 2.95. The number of carbonyl (C=O) groups is 1. The Kier molecular flexibility index (Phi) is 7.84. The van der Waals surface area contributed by atoms with Crippen LogP contribution in [0.5, 0.6) is 0 Å². The van der Waals surface area contributed by atoms with Crippen molar-refractivity contribution in [3.8, 4) is 22.4 Å². The second kappa shape index (κ2) is 11.6. The number of amides is 1. The minimum absolute atomic E-state index is 0.202. The van der Waals surface area contributed by atoms with Crippen molar-refractivity contribution < 1.29 is 19.5 Å². The van der Waals surface area contributed by atoms with Gasteiger partial charge in [-0.2, -0.15) is 0 Å². The molecular weight excluding hydrogens is 466 g/mol. The first kappa shape index (κ1) is 25.0. The number of aliphatic hydroxyl groups is 1. The number of ether oxygens (including phenoxy) is 1. The van der Waals surface area contributed by atoms with Crippen molar-refractivity contribution in [2.75, 3.05) is 13.2 Å². The molecule has 2 aromatic heterocycles. The molecule has 0 bridgehead atoms. The van der Waals surface area contributed by atoms with Crippen LogP contribution in [-0.2, 0) is 16.0 Å². The van der Waals surface area contributed by atoms with E-state index in [9.17, 15) is 4.79 Å². The van der Waals surface area contributed by atoms with Crippen molar-refractivity contribution in [1.29, 1.82) is 0 Å². The van der Waals surface area contributed by atoms with Gasteiger partial charge < -0.3 is 9.84 Å². The molecule has 1 saturated heterocycles. The lowest BCUT2D eigenvalue weighted by Crippen LogP contribution is -2.33. The van der Waals surface area contributed by atoms with Gasteiger partial charge in [0.1, 0.15) is 0 Å². The molecule has 1 aliphatic rings. The molecule has 0 radical (unpaired) electrons. The summed E-state index contributed by atoms with van der Waals surface area (Å²) < 4.78 is 5.57. The number of pyridine rings is 2. The van der Waals surface area contributed by atoms with Gasteiger partial charge in [-0.15, -0.1) is 0 Å². The zero-order chi connectivity index (χ0) is 25.6. The van der Waals surface area contributed by atoms with Crippen molar-refractivity contribution in [2.45, 2.75) is 45.3 Å². The highest BCUT2D eigenvalue weighted by Gasteiger charge is 2.20. The second-order valence-electron chi connectivity index (χ2n) is 9.29. The van der Waals surface area contributed by atoms with Crippen LogP contribution in [0.3, 0.4) is 0 Å². The van der Waals surface area contributed by atoms with Crippen molar-refractivity contribution in [1.82, 2.24) is 15.4 Å². The van der Waals surface area contributed by atoms with Crippen LogP contribution in [-0.4, -0.2) is 40.5 Å². The van der Waals surface area contributed by atoms with Gasteiger partial charge in [-0.1, -0.05) is 48.5 Å². The summed E-state index contributed by atoms with van der Waals surface area (Å²) >= 11 is 0. The first-order valence-electron chi connectivity index (χ1n) is 12.8. The molecule has 1 amide bonds. The first-order valence-corrected chi connectivity index (χ1v) is 12.8. The van der Waals surface area contributed by atoms with Crippen LogP contribution in [0.4, 0.5) is 0 Å². The summed E-state index contributed by atoms with van der Waals surface area (Å²) in [6.07, 6.45) is 5.68. The molecule has 5 rings (SSSR count). The fourth-order valence-corrected chi connectivity index (χ4v) is 4.64. The van der Waals surface area contributed by atoms with Gasteiger partial charge in [0, 0.05) is 42.5 Å². The van der Waals surface area contributed by atoms with Crippen LogP contribution < -0.4 is 5.48 Å². The summed E-state index contributed by atoms with van der Waals surface area (Å²) in [5, 5.41) is 9.74. The number of aliphatic hydroxyl groups excluding tert-OH is 1. The van der Waals surface area contributed by atoms with E-state index >= 15 is 0 Å². The van der Waals surface area contributed by atoms with E-state index < -0.39 is 6.29 Å². The van der Waals surface area contributed by atoms with Gasteiger partial charge in [-0.3, -0.25) is 9.78 Å². The maximum Gasteiger partial charge on any atom is 0.275 e. The molecule has 1 atom stereocenters. The molecule has 0 spiro atoms. The average molecular weight is 498 g/mol. The summed E-state index contributed by atoms with van der Waals surface area (Å²) in [5.74, 6) is -0.350. The number of benzene rings is 2. The molecule has 37 heavy (non-hydrogen) atoms. The Morgan fingerprint density at radius 1 is 1.05 bits per heavy atom. The number of hydroxylamine groups is 1. The molecule has 7 heteroatoms. The Balaban J connectivity index is 1.41. The number of aromatic nitrogens is 2. The number of rotatable bonds is 8. The van der Waals surface area contributed by atoms with Crippen LogP contribution in [0.2, 0.25) is 0 Å². The second-order valence-corrected chi connectivity index (χ2v) is 9.29. The molecule has 1 aliphatic heterocycles. The lowest BCUT2D eigenvalue weighted by molar-refractivity contribution is -0.186. The maximum absolute atomic E-state index is 13.2. The molecule has 2 aromatic carbocycles. The van der Waals surface area contributed by atoms with Gasteiger partial charge in [0.2, 0.25) is 0 Å². The van der Waals surface area contributed by atoms with Crippen LogP contribution in [0.1, 0.15) is 47.3 Å². The van der Waals surface area contributed by atoms with E-state index in [0.717, 1.165) is 54.5 Å². The number of hydrogen-bond donors (Lipinski definition) is 2. The highest BCUT2D eigenvalue weighted by Crippen LogP contribution is 2.29. The SMILES string of the molecule is Cc1nccc2nc(-c3ccc(-c4ccc(CCCO)cc4)cc3)cc(C(=O)NOC3CCCCO3)c12. The van der Waals surface area contributed by atoms with Crippen molar-refractivity contribution in [3.05, 3.63) is 83.7 Å². The molecular formula is C30H31N3O4. The van der Waals surface area contributed by atoms with Crippen molar-refractivity contribution in [3.63, 3.8) is 0 Å². The predicted molar refractivity (Wildman–Crippen MR) is 143 cm³/mol. The minimum Gasteiger partial charge on any atom is -0.396 e. The largest absolute Gasteiger partial charge is 0.396 e. The Morgan fingerprint density at radius 3 is 2.49 bits per heavy atom. The third-order valence-electron chi connectivity index (χ3n) is 6.67. The molecule has 4 aromatic rings. The highest BCUT2D eigenvalue weighted by molar-refractivity contribution is 6.07. The van der Waals surface area contributed by atoms with Crippen LogP contribution in [0.15, 0.2) is 66.9 Å². The standard InChI is InChI=1S/C30H31N3O4/c1-20-29-25(30(35)33-37-28-6-2-3-18-36-28)19-27(32-26(29)15-16-31-20)24-13-11-23(12-14-24)22-9-7-21(8-10-22)5-4-17-34/h7-16,19,28,34H,2-6,17-18H2,1H3,(H,33,35). The zero-order valence-electron chi connectivity index (χ0n) is 20.9. The van der Waals surface area contributed by atoms with Gasteiger partial charge in [0.15, 0.2) is 6.29 Å². The molecule has 1 fully saturated rings. The van der Waals surface area contributed by atoms with E-state index in [0.29, 0.717) is 28.8 Å². The van der Waals surface area contributed by atoms with E-state index in [2.05, 4.69) is 46.9 Å². The summed E-state index contributed by atoms with van der Waals surface area (Å²) in [6.45, 7) is 2.71. The summed E-state index contributed by atoms with van der Waals surface area (Å²) in [7, 11) is 0. The topological polar surface area (TPSA) is 93.6 Å². The number of hydrogen-bond acceptors (Lipinski definition) is 6. The van der Waals surface area contributed by atoms with Crippen LogP contribution in [0, 0.1) is 6.92 Å². The fraction of sp³-hybridized carbons (Fsp3) is 0.300. The number of fused-ring (bicyclic) bond motifs is 1. The minimum atomic E-state index is -0.430. The lowest BCUT2D eigenvalue weighted by Gasteiger charge is -2.22. The fourth-order valence-electron chi connectivity index (χ4n) is 4.64. The molecule has 1 unspecified atom stereocenters. The Morgan fingerprint density at radius 2 is 1.78 bits per heavy atom. The van der Waals surface area contributed by atoms with Crippen LogP contribution >= 0.6 is 0 Å². The van der Waals surface area contributed by atoms with Crippen LogP contribution in [0.25, 0.3) is 33.3 Å². The molecule has 7 nitrogen and oxygen atoms in total. The van der Waals surface area contributed by atoms with E-state index in [1.54, 1.807) is 12.3 Å². The summed E-state index contributed by atoms with van der Waals surface area (Å²) in [5.41, 5.74) is 9.51. The van der Waals surface area contributed by atoms with Gasteiger partial charge in [0.05, 0.1) is 16.8 Å². The third kappa shape index (κ3) is 5.85. The van der Waals surface area contributed by atoms with Gasteiger partial charge in [-0.05, 0) is 61.4 Å². The molecule has 3 heterocycles. The normalized spacial score (nSPS) is 15.6. The molecule has 0 aliphatic carbocycles. The van der Waals surface area contributed by atoms with E-state index in [-0.39, 0.29) is 12.5 Å². The predicted octanol–water partition coefficient (Wildman–Crippen LogP) is 5.39. The Bertz CT molecular complexity index is 1360. The number of nitrogens with zero attached hydrogens (tertiary/aromatic N) is 2. The van der Waals surface area contributed by atoms with E-state index in [4.69, 9.17) is 19.7 Å². The van der Waals surface area contributed by atoms with Gasteiger partial charge in [-0.25, -0.2) is 15.3 Å². The smallest absolute Gasteiger partial charge is 0.275 e. The van der Waals surface area contributed by atoms with Gasteiger partial charge in [0.25, 0.3) is 5.91 Å². The monoisotopic (exact) mass is 497 g/mol. The number of nitrogens with one attached hydrogen (secondary N) is 1. The van der Waals surface area contributed by atoms with Crippen molar-refractivity contribution in [2.24, 2.45) is 0 Å². The maximum atomic E-state index is 13.2. The molecule has 2 N–H and O–H groups in total. The zero-order valence-corrected chi connectivity index (χ0v) is 20.9. The summed E-state index contributed by atoms with van der Waals surface area (Å²) in [4.78, 5) is 28.0. The Hall–Kier alpha value is -3.65. The highest BCUT2D eigenvalue weighted by atomic mass is 16.8. The third-order valence-corrected chi connectivity index (χ3v) is 6.67. The number of carbonyl (C=O) groups excluding carboxylic acids is 1. The molecule has 190 valence electrons. The van der Waals surface area contributed by atoms with E-state index in [1.165, 1.54) is 5.56 Å². The Labute approximate surface area is 216 Å². The van der Waals surface area contributed by atoms with Crippen molar-refractivity contribution >= 4 is 16.8 Å². The quantitative estimate of drug-likeness (QED) is 0.317. The number of aryl methyl sites for hydroxylation is 2. The lowest BCUT2D eigenvalue weighted by atomic mass is 9.99. The van der Waals surface area contributed by atoms with Gasteiger partial charge >= 0.3 is 0 Å².